The highest BCUT2D eigenvalue weighted by molar-refractivity contribution is 6.08. The van der Waals surface area contributed by atoms with Crippen LogP contribution >= 0.6 is 0 Å². The molecule has 2 rings (SSSR count). The zero-order chi connectivity index (χ0) is 21.4. The molecule has 10 heteroatoms. The number of nitrogens with one attached hydrogen (secondary N) is 1. The second-order valence-electron chi connectivity index (χ2n) is 6.84. The van der Waals surface area contributed by atoms with Gasteiger partial charge in [-0.2, -0.15) is 0 Å². The number of nitrogen functional groups attached to an aromatic ring is 1. The lowest BCUT2D eigenvalue weighted by Gasteiger charge is -2.20. The lowest BCUT2D eigenvalue weighted by atomic mass is 9.93. The second-order valence-corrected chi connectivity index (χ2v) is 6.84. The second kappa shape index (κ2) is 7.06. The summed E-state index contributed by atoms with van der Waals surface area (Å²) in [5, 5.41) is 29.1. The van der Waals surface area contributed by atoms with Crippen LogP contribution in [0.2, 0.25) is 0 Å². The van der Waals surface area contributed by atoms with E-state index in [9.17, 15) is 34.5 Å². The van der Waals surface area contributed by atoms with Gasteiger partial charge in [-0.15, -0.1) is 0 Å². The van der Waals surface area contributed by atoms with Crippen molar-refractivity contribution in [3.8, 4) is 16.9 Å². The van der Waals surface area contributed by atoms with Gasteiger partial charge < -0.3 is 30.8 Å². The first-order valence-electron chi connectivity index (χ1n) is 7.92. The third-order valence-corrected chi connectivity index (χ3v) is 3.57. The van der Waals surface area contributed by atoms with Crippen molar-refractivity contribution in [1.82, 2.24) is 4.98 Å². The number of ether oxygens (including phenoxy) is 1. The minimum absolute atomic E-state index is 0.0887. The number of hydrogen-bond donors (Lipinski definition) is 5. The molecule has 6 N–H and O–H groups in total. The number of anilines is 1. The van der Waals surface area contributed by atoms with E-state index < -0.39 is 57.3 Å². The van der Waals surface area contributed by atoms with Gasteiger partial charge in [0.1, 0.15) is 28.3 Å². The van der Waals surface area contributed by atoms with Gasteiger partial charge in [0.05, 0.1) is 5.56 Å². The molecular formula is C18H18N2O8. The highest BCUT2D eigenvalue weighted by Crippen LogP contribution is 2.36. The number of esters is 1. The average molecular weight is 390 g/mol. The van der Waals surface area contributed by atoms with Crippen LogP contribution in [0.3, 0.4) is 0 Å². The maximum Gasteiger partial charge on any atom is 0.342 e. The van der Waals surface area contributed by atoms with Crippen LogP contribution in [0, 0.1) is 0 Å². The van der Waals surface area contributed by atoms with Crippen LogP contribution < -0.4 is 11.3 Å². The zero-order valence-electron chi connectivity index (χ0n) is 15.2. The Hall–Kier alpha value is -3.82. The summed E-state index contributed by atoms with van der Waals surface area (Å²) in [5.74, 6) is -5.31. The molecule has 0 aliphatic carbocycles. The fraction of sp³-hybridized carbons (Fsp3) is 0.222. The Bertz CT molecular complexity index is 1050. The lowest BCUT2D eigenvalue weighted by molar-refractivity contribution is 0.00692. The van der Waals surface area contributed by atoms with Gasteiger partial charge in [-0.1, -0.05) is 0 Å². The molecule has 0 unspecified atom stereocenters. The number of carbonyl (C=O) groups excluding carboxylic acids is 1. The Balaban J connectivity index is 2.86. The molecule has 0 spiro atoms. The minimum atomic E-state index is -1.74. The van der Waals surface area contributed by atoms with Gasteiger partial charge in [0.25, 0.3) is 5.56 Å². The lowest BCUT2D eigenvalue weighted by Crippen LogP contribution is -2.25. The Morgan fingerprint density at radius 2 is 1.64 bits per heavy atom. The largest absolute Gasteiger partial charge is 0.507 e. The van der Waals surface area contributed by atoms with Crippen LogP contribution in [0.1, 0.15) is 51.8 Å². The van der Waals surface area contributed by atoms with Gasteiger partial charge in [-0.3, -0.25) is 4.79 Å². The van der Waals surface area contributed by atoms with Crippen LogP contribution in [0.15, 0.2) is 23.0 Å². The molecule has 148 valence electrons. The van der Waals surface area contributed by atoms with E-state index in [4.69, 9.17) is 10.5 Å². The van der Waals surface area contributed by atoms with Crippen molar-refractivity contribution in [2.75, 3.05) is 5.73 Å². The Morgan fingerprint density at radius 1 is 1.07 bits per heavy atom. The van der Waals surface area contributed by atoms with Gasteiger partial charge >= 0.3 is 17.9 Å². The zero-order valence-corrected chi connectivity index (χ0v) is 15.2. The van der Waals surface area contributed by atoms with Gasteiger partial charge in [0.15, 0.2) is 0 Å². The quantitative estimate of drug-likeness (QED) is 0.485. The predicted octanol–water partition coefficient (Wildman–Crippen LogP) is 1.68. The Morgan fingerprint density at radius 3 is 2.14 bits per heavy atom. The summed E-state index contributed by atoms with van der Waals surface area (Å²) in [6, 6.07) is 3.31. The average Bonchev–Trinajstić information content (AvgIpc) is 2.51. The molecule has 10 nitrogen and oxygen atoms in total. The number of carbonyl (C=O) groups is 3. The van der Waals surface area contributed by atoms with Crippen molar-refractivity contribution < 1.29 is 34.4 Å². The number of aromatic amines is 1. The molecule has 1 aromatic carbocycles. The van der Waals surface area contributed by atoms with E-state index in [0.29, 0.717) is 0 Å². The molecule has 0 aliphatic rings. The van der Waals surface area contributed by atoms with E-state index in [2.05, 4.69) is 0 Å². The smallest absolute Gasteiger partial charge is 0.342 e. The molecule has 28 heavy (non-hydrogen) atoms. The first-order valence-corrected chi connectivity index (χ1v) is 7.92. The fourth-order valence-corrected chi connectivity index (χ4v) is 2.52. The number of nitrogens with two attached hydrogens (primary N) is 1. The number of aromatic carboxylic acids is 2. The number of benzene rings is 1. The van der Waals surface area contributed by atoms with E-state index in [0.717, 1.165) is 12.1 Å². The highest BCUT2D eigenvalue weighted by atomic mass is 16.6. The topological polar surface area (TPSA) is 180 Å². The van der Waals surface area contributed by atoms with Gasteiger partial charge in [0, 0.05) is 11.1 Å². The monoisotopic (exact) mass is 390 g/mol. The number of pyridine rings is 1. The molecule has 0 bridgehead atoms. The summed E-state index contributed by atoms with van der Waals surface area (Å²) in [6.45, 7) is 4.90. The molecule has 0 amide bonds. The molecule has 2 aromatic rings. The third kappa shape index (κ3) is 3.95. The first kappa shape index (κ1) is 20.5. The number of phenolic OH excluding ortho intramolecular Hbond substituents is 1. The number of rotatable bonds is 4. The van der Waals surface area contributed by atoms with Crippen LogP contribution in [0.25, 0.3) is 11.1 Å². The summed E-state index contributed by atoms with van der Waals surface area (Å²) in [5.41, 5.74) is 0.822. The van der Waals surface area contributed by atoms with E-state index >= 15 is 0 Å². The number of aromatic hydroxyl groups is 1. The molecule has 0 saturated heterocycles. The third-order valence-electron chi connectivity index (χ3n) is 3.57. The SMILES string of the molecule is CC(C)(C)OC(=O)c1ccc(O)c(-c2c(C(=O)O)c(N)[nH]c(=O)c2C(=O)O)c1. The van der Waals surface area contributed by atoms with Crippen molar-refractivity contribution in [3.63, 3.8) is 0 Å². The standard InChI is InChI=1S/C18H18N2O8/c1-18(2,3)28-17(27)7-4-5-9(21)8(6-7)10-11(15(23)24)13(19)20-14(22)12(10)16(25)26/h4-6,21H,1-3H3,(H,23,24)(H,25,26)(H3,19,20,22). The van der Waals surface area contributed by atoms with Crippen LogP contribution in [0.5, 0.6) is 5.75 Å². The van der Waals surface area contributed by atoms with Crippen LogP contribution in [-0.4, -0.2) is 43.8 Å². The molecule has 0 radical (unpaired) electrons. The molecule has 0 atom stereocenters. The molecule has 1 aromatic heterocycles. The van der Waals surface area contributed by atoms with Crippen molar-refractivity contribution >= 4 is 23.7 Å². The van der Waals surface area contributed by atoms with E-state index in [1.54, 1.807) is 20.8 Å². The van der Waals surface area contributed by atoms with Gasteiger partial charge in [-0.05, 0) is 39.0 Å². The summed E-state index contributed by atoms with van der Waals surface area (Å²) in [7, 11) is 0. The van der Waals surface area contributed by atoms with E-state index in [1.807, 2.05) is 4.98 Å². The Kier molecular flexibility index (Phi) is 5.17. The number of aromatic nitrogens is 1. The van der Waals surface area contributed by atoms with Crippen molar-refractivity contribution in [3.05, 3.63) is 45.2 Å². The molecular weight excluding hydrogens is 372 g/mol. The fourth-order valence-electron chi connectivity index (χ4n) is 2.52. The van der Waals surface area contributed by atoms with Crippen molar-refractivity contribution in [1.29, 1.82) is 0 Å². The minimum Gasteiger partial charge on any atom is -0.507 e. The maximum atomic E-state index is 12.3. The van der Waals surface area contributed by atoms with Gasteiger partial charge in [0.2, 0.25) is 0 Å². The number of carboxylic acids is 2. The Labute approximate surface area is 158 Å². The normalized spacial score (nSPS) is 11.1. The number of hydrogen-bond acceptors (Lipinski definition) is 7. The maximum absolute atomic E-state index is 12.3. The number of carboxylic acid groups (broad SMARTS) is 2. The van der Waals surface area contributed by atoms with Crippen LogP contribution in [-0.2, 0) is 4.74 Å². The molecule has 0 aliphatic heterocycles. The first-order chi connectivity index (χ1) is 12.8. The van der Waals surface area contributed by atoms with Gasteiger partial charge in [-0.25, -0.2) is 14.4 Å². The highest BCUT2D eigenvalue weighted by Gasteiger charge is 2.29. The number of H-pyrrole nitrogens is 1. The van der Waals surface area contributed by atoms with Crippen molar-refractivity contribution in [2.45, 2.75) is 26.4 Å². The summed E-state index contributed by atoms with van der Waals surface area (Å²) in [4.78, 5) is 49.6. The molecule has 0 saturated carbocycles. The summed E-state index contributed by atoms with van der Waals surface area (Å²) >= 11 is 0. The summed E-state index contributed by atoms with van der Waals surface area (Å²) < 4.78 is 5.21. The van der Waals surface area contributed by atoms with Crippen molar-refractivity contribution in [2.24, 2.45) is 0 Å². The van der Waals surface area contributed by atoms with Crippen LogP contribution in [0.4, 0.5) is 5.82 Å². The number of phenols is 1. The summed E-state index contributed by atoms with van der Waals surface area (Å²) in [6.07, 6.45) is 0. The molecule has 1 heterocycles. The van der Waals surface area contributed by atoms with E-state index in [1.165, 1.54) is 6.07 Å². The van der Waals surface area contributed by atoms with E-state index in [-0.39, 0.29) is 11.1 Å². The molecule has 0 fully saturated rings. The predicted molar refractivity (Wildman–Crippen MR) is 97.7 cm³/mol.